The van der Waals surface area contributed by atoms with Gasteiger partial charge in [-0.1, -0.05) is 11.6 Å². The summed E-state index contributed by atoms with van der Waals surface area (Å²) in [6.45, 7) is 0.0673. The maximum Gasteiger partial charge on any atom is 0.522 e. The van der Waals surface area contributed by atoms with E-state index >= 15 is 0 Å². The Morgan fingerprint density at radius 3 is 2.55 bits per heavy atom. The average Bonchev–Trinajstić information content (AvgIpc) is 2.68. The van der Waals surface area contributed by atoms with E-state index in [9.17, 15) is 23.1 Å². The summed E-state index contributed by atoms with van der Waals surface area (Å²) in [7, 11) is 0. The highest BCUT2D eigenvalue weighted by Crippen LogP contribution is 2.32. The number of amides is 1. The molecule has 1 aromatic rings. The second-order valence-corrected chi connectivity index (χ2v) is 8.07. The SMILES string of the molecule is O=C(COc1ccc(Cl)cc1)N[C@@H]1CC[C@@H]([C@H](O)COC2CC(OC(F)(F)F)C2)OC1. The number of benzene rings is 1. The van der Waals surface area contributed by atoms with Crippen molar-refractivity contribution < 1.29 is 42.0 Å². The van der Waals surface area contributed by atoms with Gasteiger partial charge in [0.25, 0.3) is 5.91 Å². The zero-order valence-corrected chi connectivity index (χ0v) is 17.4. The molecule has 1 heterocycles. The standard InChI is InChI=1S/C20H25ClF3NO6/c21-12-1-4-14(5-2-12)29-11-19(27)25-13-3-6-18(30-9-13)17(26)10-28-15-7-16(8-15)31-20(22,23)24/h1-2,4-5,13,15-18,26H,3,6-11H2,(H,25,27)/t13-,15?,16?,17-,18+/m1/s1. The summed E-state index contributed by atoms with van der Waals surface area (Å²) in [6.07, 6.45) is -5.84. The summed E-state index contributed by atoms with van der Waals surface area (Å²) in [5.41, 5.74) is 0. The molecule has 0 spiro atoms. The van der Waals surface area contributed by atoms with Gasteiger partial charge >= 0.3 is 6.36 Å². The van der Waals surface area contributed by atoms with E-state index in [-0.39, 0.29) is 50.7 Å². The lowest BCUT2D eigenvalue weighted by Gasteiger charge is -2.37. The van der Waals surface area contributed by atoms with E-state index in [0.29, 0.717) is 23.6 Å². The molecular formula is C20H25ClF3NO6. The third-order valence-electron chi connectivity index (χ3n) is 5.14. The summed E-state index contributed by atoms with van der Waals surface area (Å²) in [6, 6.07) is 6.47. The van der Waals surface area contributed by atoms with Crippen LogP contribution in [-0.2, 0) is 19.0 Å². The normalized spacial score (nSPS) is 27.3. The van der Waals surface area contributed by atoms with E-state index in [1.54, 1.807) is 24.3 Å². The Morgan fingerprint density at radius 1 is 1.23 bits per heavy atom. The van der Waals surface area contributed by atoms with Crippen molar-refractivity contribution >= 4 is 17.5 Å². The van der Waals surface area contributed by atoms with Gasteiger partial charge in [0.05, 0.1) is 37.6 Å². The van der Waals surface area contributed by atoms with Gasteiger partial charge in [0.1, 0.15) is 11.9 Å². The smallest absolute Gasteiger partial charge is 0.484 e. The van der Waals surface area contributed by atoms with Crippen LogP contribution in [0.25, 0.3) is 0 Å². The zero-order valence-electron chi connectivity index (χ0n) is 16.6. The maximum absolute atomic E-state index is 12.1. The number of hydrogen-bond acceptors (Lipinski definition) is 6. The van der Waals surface area contributed by atoms with Gasteiger partial charge in [-0.25, -0.2) is 0 Å². The second kappa shape index (κ2) is 10.8. The Bertz CT molecular complexity index is 706. The number of carbonyl (C=O) groups is 1. The fourth-order valence-electron chi connectivity index (χ4n) is 3.42. The predicted molar refractivity (Wildman–Crippen MR) is 104 cm³/mol. The second-order valence-electron chi connectivity index (χ2n) is 7.64. The van der Waals surface area contributed by atoms with Crippen LogP contribution in [0.5, 0.6) is 5.75 Å². The lowest BCUT2D eigenvalue weighted by Crippen LogP contribution is -2.48. The van der Waals surface area contributed by atoms with Crippen molar-refractivity contribution in [3.63, 3.8) is 0 Å². The Morgan fingerprint density at radius 2 is 1.94 bits per heavy atom. The highest BCUT2D eigenvalue weighted by Gasteiger charge is 2.41. The van der Waals surface area contributed by atoms with Gasteiger partial charge in [-0.3, -0.25) is 9.53 Å². The van der Waals surface area contributed by atoms with Crippen molar-refractivity contribution in [2.75, 3.05) is 19.8 Å². The molecule has 31 heavy (non-hydrogen) atoms. The highest BCUT2D eigenvalue weighted by molar-refractivity contribution is 6.30. The Kier molecular flexibility index (Phi) is 8.40. The largest absolute Gasteiger partial charge is 0.522 e. The molecule has 1 saturated heterocycles. The van der Waals surface area contributed by atoms with Gasteiger partial charge in [0, 0.05) is 17.9 Å². The van der Waals surface area contributed by atoms with Crippen molar-refractivity contribution in [1.29, 1.82) is 0 Å². The molecule has 2 aliphatic rings. The maximum atomic E-state index is 12.1. The molecule has 1 saturated carbocycles. The number of halogens is 4. The van der Waals surface area contributed by atoms with Crippen LogP contribution in [0.15, 0.2) is 24.3 Å². The minimum absolute atomic E-state index is 0.0277. The molecule has 0 unspecified atom stereocenters. The van der Waals surface area contributed by atoms with Crippen molar-refractivity contribution in [3.05, 3.63) is 29.3 Å². The number of aliphatic hydroxyl groups is 1. The van der Waals surface area contributed by atoms with E-state index in [2.05, 4.69) is 10.1 Å². The summed E-state index contributed by atoms with van der Waals surface area (Å²) >= 11 is 5.79. The first-order chi connectivity index (χ1) is 14.7. The lowest BCUT2D eigenvalue weighted by molar-refractivity contribution is -0.357. The van der Waals surface area contributed by atoms with E-state index in [0.717, 1.165) is 0 Å². The van der Waals surface area contributed by atoms with E-state index in [1.807, 2.05) is 0 Å². The molecule has 0 aromatic heterocycles. The van der Waals surface area contributed by atoms with Gasteiger partial charge in [-0.2, -0.15) is 0 Å². The summed E-state index contributed by atoms with van der Waals surface area (Å²) in [5.74, 6) is 0.247. The Labute approximate surface area is 182 Å². The van der Waals surface area contributed by atoms with Crippen LogP contribution in [0.4, 0.5) is 13.2 Å². The number of alkyl halides is 3. The van der Waals surface area contributed by atoms with Gasteiger partial charge in [-0.05, 0) is 37.1 Å². The summed E-state index contributed by atoms with van der Waals surface area (Å²) in [5, 5.41) is 13.6. The summed E-state index contributed by atoms with van der Waals surface area (Å²) < 4.78 is 56.7. The van der Waals surface area contributed by atoms with E-state index in [1.165, 1.54) is 0 Å². The fourth-order valence-corrected chi connectivity index (χ4v) is 3.54. The number of ether oxygens (including phenoxy) is 4. The van der Waals surface area contributed by atoms with Crippen LogP contribution < -0.4 is 10.1 Å². The molecule has 0 radical (unpaired) electrons. The topological polar surface area (TPSA) is 86.3 Å². The first-order valence-corrected chi connectivity index (χ1v) is 10.4. The van der Waals surface area contributed by atoms with Crippen molar-refractivity contribution in [3.8, 4) is 5.75 Å². The minimum Gasteiger partial charge on any atom is -0.484 e. The van der Waals surface area contributed by atoms with Gasteiger partial charge in [-0.15, -0.1) is 13.2 Å². The molecular weight excluding hydrogens is 443 g/mol. The summed E-state index contributed by atoms with van der Waals surface area (Å²) in [4.78, 5) is 12.0. The fraction of sp³-hybridized carbons (Fsp3) is 0.650. The molecule has 2 N–H and O–H groups in total. The Balaban J connectivity index is 1.27. The molecule has 1 aliphatic carbocycles. The number of nitrogens with one attached hydrogen (secondary N) is 1. The average molecular weight is 468 g/mol. The molecule has 1 aromatic carbocycles. The minimum atomic E-state index is -4.64. The number of rotatable bonds is 9. The molecule has 3 rings (SSSR count). The molecule has 3 atom stereocenters. The molecule has 1 amide bonds. The molecule has 11 heteroatoms. The number of aliphatic hydroxyl groups excluding tert-OH is 1. The van der Waals surface area contributed by atoms with E-state index < -0.39 is 24.7 Å². The lowest BCUT2D eigenvalue weighted by atomic mass is 9.92. The van der Waals surface area contributed by atoms with Crippen LogP contribution in [-0.4, -0.2) is 67.7 Å². The monoisotopic (exact) mass is 467 g/mol. The quantitative estimate of drug-likeness (QED) is 0.581. The van der Waals surface area contributed by atoms with Crippen molar-refractivity contribution in [1.82, 2.24) is 5.32 Å². The van der Waals surface area contributed by atoms with Gasteiger partial charge < -0.3 is 24.6 Å². The number of carbonyl (C=O) groups excluding carboxylic acids is 1. The molecule has 174 valence electrons. The van der Waals surface area contributed by atoms with Crippen molar-refractivity contribution in [2.45, 2.75) is 62.5 Å². The third kappa shape index (κ3) is 8.12. The third-order valence-corrected chi connectivity index (χ3v) is 5.40. The molecule has 7 nitrogen and oxygen atoms in total. The first kappa shape index (κ1) is 24.1. The molecule has 1 aliphatic heterocycles. The first-order valence-electron chi connectivity index (χ1n) is 10.0. The van der Waals surface area contributed by atoms with Crippen LogP contribution >= 0.6 is 11.6 Å². The van der Waals surface area contributed by atoms with Crippen molar-refractivity contribution in [2.24, 2.45) is 0 Å². The number of hydrogen-bond donors (Lipinski definition) is 2. The van der Waals surface area contributed by atoms with Crippen LogP contribution in [0, 0.1) is 0 Å². The van der Waals surface area contributed by atoms with Gasteiger partial charge in [0.15, 0.2) is 6.61 Å². The van der Waals surface area contributed by atoms with Gasteiger partial charge in [0.2, 0.25) is 0 Å². The molecule has 2 fully saturated rings. The zero-order chi connectivity index (χ0) is 22.4. The van der Waals surface area contributed by atoms with Crippen LogP contribution in [0.3, 0.4) is 0 Å². The Hall–Kier alpha value is -1.59. The molecule has 0 bridgehead atoms. The van der Waals surface area contributed by atoms with E-state index in [4.69, 9.17) is 25.8 Å². The van der Waals surface area contributed by atoms with Crippen LogP contribution in [0.1, 0.15) is 25.7 Å². The predicted octanol–water partition coefficient (Wildman–Crippen LogP) is 2.83. The highest BCUT2D eigenvalue weighted by atomic mass is 35.5. The van der Waals surface area contributed by atoms with Crippen LogP contribution in [0.2, 0.25) is 5.02 Å².